The number of aryl methyl sites for hydroxylation is 1. The van der Waals surface area contributed by atoms with E-state index in [9.17, 15) is 4.79 Å². The number of amides is 1. The van der Waals surface area contributed by atoms with Gasteiger partial charge in [0.15, 0.2) is 0 Å². The molecule has 3 aromatic rings. The fourth-order valence-corrected chi connectivity index (χ4v) is 3.26. The summed E-state index contributed by atoms with van der Waals surface area (Å²) in [4.78, 5) is 15.2. The molecule has 0 saturated heterocycles. The second-order valence-corrected chi connectivity index (χ2v) is 6.93. The van der Waals surface area contributed by atoms with Crippen molar-refractivity contribution in [1.82, 2.24) is 10.2 Å². The lowest BCUT2D eigenvalue weighted by molar-refractivity contribution is -0.121. The first kappa shape index (κ1) is 18.9. The topological polar surface area (TPSA) is 45.5 Å². The van der Waals surface area contributed by atoms with Crippen LogP contribution in [0.3, 0.4) is 0 Å². The van der Waals surface area contributed by atoms with Crippen LogP contribution in [0.1, 0.15) is 34.6 Å². The first-order chi connectivity index (χ1) is 13.1. The zero-order valence-corrected chi connectivity index (χ0v) is 16.1. The maximum atomic E-state index is 13.1. The monoisotopic (exact) mass is 362 g/mol. The van der Waals surface area contributed by atoms with Crippen LogP contribution in [-0.4, -0.2) is 31.4 Å². The molecule has 4 heteroatoms. The third kappa shape index (κ3) is 4.66. The smallest absolute Gasteiger partial charge is 0.232 e. The normalized spacial score (nSPS) is 12.3. The maximum Gasteiger partial charge on any atom is 0.232 e. The van der Waals surface area contributed by atoms with E-state index in [0.717, 1.165) is 22.6 Å². The van der Waals surface area contributed by atoms with E-state index in [0.29, 0.717) is 6.54 Å². The maximum absolute atomic E-state index is 13.1. The number of carbonyl (C=O) groups excluding carboxylic acids is 1. The lowest BCUT2D eigenvalue weighted by Crippen LogP contribution is -2.37. The van der Waals surface area contributed by atoms with E-state index < -0.39 is 0 Å². The summed E-state index contributed by atoms with van der Waals surface area (Å²) in [7, 11) is 3.97. The average molecular weight is 362 g/mol. The summed E-state index contributed by atoms with van der Waals surface area (Å²) in [6, 6.07) is 23.7. The van der Waals surface area contributed by atoms with Gasteiger partial charge in [-0.15, -0.1) is 0 Å². The summed E-state index contributed by atoms with van der Waals surface area (Å²) in [6.45, 7) is 2.41. The van der Waals surface area contributed by atoms with Gasteiger partial charge in [0.25, 0.3) is 0 Å². The minimum absolute atomic E-state index is 0.0115. The molecule has 4 nitrogen and oxygen atoms in total. The molecule has 0 radical (unpaired) electrons. The minimum Gasteiger partial charge on any atom is -0.465 e. The second-order valence-electron chi connectivity index (χ2n) is 6.93. The molecular weight excluding hydrogens is 336 g/mol. The Morgan fingerprint density at radius 1 is 0.926 bits per heavy atom. The van der Waals surface area contributed by atoms with Crippen molar-refractivity contribution in [3.8, 4) is 0 Å². The third-order valence-electron chi connectivity index (χ3n) is 4.71. The number of hydrogen-bond donors (Lipinski definition) is 1. The highest BCUT2D eigenvalue weighted by atomic mass is 16.3. The number of nitrogens with zero attached hydrogens (tertiary/aromatic N) is 1. The Bertz CT molecular complexity index is 817. The zero-order valence-electron chi connectivity index (χ0n) is 16.1. The van der Waals surface area contributed by atoms with Crippen molar-refractivity contribution < 1.29 is 9.21 Å². The molecule has 1 heterocycles. The van der Waals surface area contributed by atoms with E-state index in [1.54, 1.807) is 0 Å². The Kier molecular flexibility index (Phi) is 6.09. The highest BCUT2D eigenvalue weighted by Crippen LogP contribution is 2.26. The van der Waals surface area contributed by atoms with E-state index in [1.807, 2.05) is 93.8 Å². The van der Waals surface area contributed by atoms with Crippen LogP contribution in [0.5, 0.6) is 0 Å². The number of furan rings is 1. The lowest BCUT2D eigenvalue weighted by Gasteiger charge is -2.24. The second kappa shape index (κ2) is 8.69. The molecule has 0 saturated carbocycles. The number of nitrogens with one attached hydrogen (secondary N) is 1. The molecule has 1 aromatic heterocycles. The summed E-state index contributed by atoms with van der Waals surface area (Å²) in [5, 5.41) is 3.13. The van der Waals surface area contributed by atoms with Crippen LogP contribution in [0, 0.1) is 6.92 Å². The molecule has 27 heavy (non-hydrogen) atoms. The van der Waals surface area contributed by atoms with Crippen molar-refractivity contribution in [2.24, 2.45) is 0 Å². The largest absolute Gasteiger partial charge is 0.465 e. The van der Waals surface area contributed by atoms with Gasteiger partial charge in [-0.25, -0.2) is 0 Å². The van der Waals surface area contributed by atoms with E-state index in [2.05, 4.69) is 10.2 Å². The predicted molar refractivity (Wildman–Crippen MR) is 108 cm³/mol. The summed E-state index contributed by atoms with van der Waals surface area (Å²) >= 11 is 0. The first-order valence-electron chi connectivity index (χ1n) is 9.16. The van der Waals surface area contributed by atoms with Gasteiger partial charge >= 0.3 is 0 Å². The summed E-state index contributed by atoms with van der Waals surface area (Å²) in [6.07, 6.45) is 0. The molecular formula is C23H26N2O2. The molecule has 0 aliphatic rings. The zero-order chi connectivity index (χ0) is 19.2. The van der Waals surface area contributed by atoms with Crippen LogP contribution in [0.15, 0.2) is 77.2 Å². The Morgan fingerprint density at radius 3 is 1.93 bits per heavy atom. The van der Waals surface area contributed by atoms with Gasteiger partial charge < -0.3 is 9.73 Å². The molecule has 1 amide bonds. The predicted octanol–water partition coefficient (Wildman–Crippen LogP) is 4.14. The van der Waals surface area contributed by atoms with Gasteiger partial charge in [-0.3, -0.25) is 9.69 Å². The average Bonchev–Trinajstić information content (AvgIpc) is 3.09. The van der Waals surface area contributed by atoms with E-state index in [-0.39, 0.29) is 17.9 Å². The van der Waals surface area contributed by atoms with E-state index >= 15 is 0 Å². The van der Waals surface area contributed by atoms with Gasteiger partial charge in [0.1, 0.15) is 11.5 Å². The lowest BCUT2D eigenvalue weighted by atomic mass is 9.90. The molecule has 3 rings (SSSR count). The molecule has 0 bridgehead atoms. The number of carbonyl (C=O) groups is 1. The van der Waals surface area contributed by atoms with Gasteiger partial charge in [0.05, 0.1) is 12.0 Å². The van der Waals surface area contributed by atoms with Crippen molar-refractivity contribution in [2.45, 2.75) is 18.9 Å². The molecule has 1 unspecified atom stereocenters. The van der Waals surface area contributed by atoms with Crippen LogP contribution >= 0.6 is 0 Å². The first-order valence-corrected chi connectivity index (χ1v) is 9.16. The van der Waals surface area contributed by atoms with Gasteiger partial charge in [0, 0.05) is 6.54 Å². The number of benzene rings is 2. The van der Waals surface area contributed by atoms with E-state index in [1.165, 1.54) is 0 Å². The summed E-state index contributed by atoms with van der Waals surface area (Å²) in [5.41, 5.74) is 1.97. The molecule has 0 spiro atoms. The van der Waals surface area contributed by atoms with Crippen LogP contribution in [0.2, 0.25) is 0 Å². The Morgan fingerprint density at radius 2 is 1.48 bits per heavy atom. The van der Waals surface area contributed by atoms with Gasteiger partial charge in [-0.2, -0.15) is 0 Å². The standard InChI is InChI=1S/C23H26N2O2/c1-17-14-15-21(27-17)20(25(2)3)16-24-23(26)22(18-10-6-4-7-11-18)19-12-8-5-9-13-19/h4-15,20,22H,16H2,1-3H3,(H,24,26). The van der Waals surface area contributed by atoms with Gasteiger partial charge in [0.2, 0.25) is 5.91 Å². The van der Waals surface area contributed by atoms with Crippen LogP contribution in [-0.2, 0) is 4.79 Å². The Hall–Kier alpha value is -2.85. The van der Waals surface area contributed by atoms with Crippen molar-refractivity contribution in [1.29, 1.82) is 0 Å². The molecule has 0 fully saturated rings. The molecule has 0 aliphatic heterocycles. The fraction of sp³-hybridized carbons (Fsp3) is 0.261. The van der Waals surface area contributed by atoms with Crippen molar-refractivity contribution in [3.63, 3.8) is 0 Å². The molecule has 1 atom stereocenters. The number of likely N-dealkylation sites (N-methyl/N-ethyl adjacent to an activating group) is 1. The highest BCUT2D eigenvalue weighted by Gasteiger charge is 2.25. The highest BCUT2D eigenvalue weighted by molar-refractivity contribution is 5.87. The van der Waals surface area contributed by atoms with E-state index in [4.69, 9.17) is 4.42 Å². The third-order valence-corrected chi connectivity index (χ3v) is 4.71. The molecule has 1 N–H and O–H groups in total. The van der Waals surface area contributed by atoms with Gasteiger partial charge in [-0.1, -0.05) is 60.7 Å². The van der Waals surface area contributed by atoms with Crippen LogP contribution in [0.25, 0.3) is 0 Å². The van der Waals surface area contributed by atoms with Crippen LogP contribution in [0.4, 0.5) is 0 Å². The van der Waals surface area contributed by atoms with Crippen molar-refractivity contribution >= 4 is 5.91 Å². The number of hydrogen-bond acceptors (Lipinski definition) is 3. The fourth-order valence-electron chi connectivity index (χ4n) is 3.26. The minimum atomic E-state index is -0.339. The van der Waals surface area contributed by atoms with Crippen LogP contribution < -0.4 is 5.32 Å². The Balaban J connectivity index is 1.80. The van der Waals surface area contributed by atoms with Gasteiger partial charge in [-0.05, 0) is 44.3 Å². The number of rotatable bonds is 7. The summed E-state index contributed by atoms with van der Waals surface area (Å²) in [5.74, 6) is 1.37. The van der Waals surface area contributed by atoms with Crippen molar-refractivity contribution in [3.05, 3.63) is 95.4 Å². The van der Waals surface area contributed by atoms with Crippen molar-refractivity contribution in [2.75, 3.05) is 20.6 Å². The summed E-state index contributed by atoms with van der Waals surface area (Å²) < 4.78 is 5.78. The quantitative estimate of drug-likeness (QED) is 0.687. The molecule has 2 aromatic carbocycles. The SMILES string of the molecule is Cc1ccc(C(CNC(=O)C(c2ccccc2)c2ccccc2)N(C)C)o1. The molecule has 0 aliphatic carbocycles. The Labute approximate surface area is 160 Å². The molecule has 140 valence electrons.